The SMILES string of the molecule is Cc1cnc(Cl)c(NC(=O)CCc2ccc(N)cc2)c1. The molecule has 0 atom stereocenters. The molecule has 3 N–H and O–H groups in total. The number of carbonyl (C=O) groups excluding carboxylic acids is 1. The van der Waals surface area contributed by atoms with Crippen LogP contribution in [0.15, 0.2) is 36.5 Å². The van der Waals surface area contributed by atoms with Crippen LogP contribution < -0.4 is 11.1 Å². The number of halogens is 1. The van der Waals surface area contributed by atoms with Crippen molar-refractivity contribution in [2.45, 2.75) is 19.8 Å². The molecule has 5 heteroatoms. The van der Waals surface area contributed by atoms with E-state index in [2.05, 4.69) is 10.3 Å². The molecule has 2 rings (SSSR count). The lowest BCUT2D eigenvalue weighted by Gasteiger charge is -2.07. The van der Waals surface area contributed by atoms with Crippen LogP contribution in [0.25, 0.3) is 0 Å². The topological polar surface area (TPSA) is 68.0 Å². The summed E-state index contributed by atoms with van der Waals surface area (Å²) in [6, 6.07) is 9.30. The number of anilines is 2. The molecule has 0 unspecified atom stereocenters. The van der Waals surface area contributed by atoms with E-state index in [9.17, 15) is 4.79 Å². The summed E-state index contributed by atoms with van der Waals surface area (Å²) in [5.74, 6) is -0.0869. The van der Waals surface area contributed by atoms with Gasteiger partial charge in [-0.2, -0.15) is 0 Å². The Bertz CT molecular complexity index is 611. The van der Waals surface area contributed by atoms with Crippen LogP contribution >= 0.6 is 11.6 Å². The summed E-state index contributed by atoms with van der Waals surface area (Å²) in [6.45, 7) is 1.90. The van der Waals surface area contributed by atoms with Gasteiger partial charge in [-0.05, 0) is 42.7 Å². The molecule has 1 amide bonds. The maximum Gasteiger partial charge on any atom is 0.224 e. The molecule has 1 heterocycles. The highest BCUT2D eigenvalue weighted by Gasteiger charge is 2.07. The van der Waals surface area contributed by atoms with Gasteiger partial charge >= 0.3 is 0 Å². The largest absolute Gasteiger partial charge is 0.399 e. The van der Waals surface area contributed by atoms with Crippen LogP contribution in [0.5, 0.6) is 0 Å². The Morgan fingerprint density at radius 3 is 2.75 bits per heavy atom. The Hall–Kier alpha value is -2.07. The highest BCUT2D eigenvalue weighted by atomic mass is 35.5. The molecular formula is C15H16ClN3O. The average molecular weight is 290 g/mol. The molecule has 4 nitrogen and oxygen atoms in total. The molecule has 0 saturated heterocycles. The number of pyridine rings is 1. The van der Waals surface area contributed by atoms with Crippen molar-refractivity contribution in [2.75, 3.05) is 11.1 Å². The number of nitrogens with two attached hydrogens (primary N) is 1. The van der Waals surface area contributed by atoms with Crippen molar-refractivity contribution in [1.82, 2.24) is 4.98 Å². The number of aromatic nitrogens is 1. The van der Waals surface area contributed by atoms with E-state index in [1.807, 2.05) is 31.2 Å². The minimum Gasteiger partial charge on any atom is -0.399 e. The highest BCUT2D eigenvalue weighted by Crippen LogP contribution is 2.20. The summed E-state index contributed by atoms with van der Waals surface area (Å²) in [7, 11) is 0. The van der Waals surface area contributed by atoms with Crippen LogP contribution in [0.2, 0.25) is 5.15 Å². The van der Waals surface area contributed by atoms with E-state index < -0.39 is 0 Å². The van der Waals surface area contributed by atoms with Gasteiger partial charge in [0.2, 0.25) is 5.91 Å². The Kier molecular flexibility index (Phi) is 4.58. The second kappa shape index (κ2) is 6.39. The quantitative estimate of drug-likeness (QED) is 0.671. The van der Waals surface area contributed by atoms with Gasteiger partial charge in [0, 0.05) is 18.3 Å². The van der Waals surface area contributed by atoms with Gasteiger partial charge in [0.25, 0.3) is 0 Å². The lowest BCUT2D eigenvalue weighted by molar-refractivity contribution is -0.116. The summed E-state index contributed by atoms with van der Waals surface area (Å²) in [6.07, 6.45) is 2.70. The number of aryl methyl sites for hydroxylation is 2. The second-order valence-electron chi connectivity index (χ2n) is 4.64. The zero-order valence-electron chi connectivity index (χ0n) is 11.2. The van der Waals surface area contributed by atoms with Crippen LogP contribution in [0.3, 0.4) is 0 Å². The van der Waals surface area contributed by atoms with Crippen LogP contribution in [-0.2, 0) is 11.2 Å². The molecule has 0 aliphatic heterocycles. The fourth-order valence-electron chi connectivity index (χ4n) is 1.80. The first kappa shape index (κ1) is 14.3. The van der Waals surface area contributed by atoms with Gasteiger partial charge in [-0.3, -0.25) is 4.79 Å². The minimum absolute atomic E-state index is 0.0869. The van der Waals surface area contributed by atoms with E-state index in [1.165, 1.54) is 0 Å². The van der Waals surface area contributed by atoms with E-state index in [-0.39, 0.29) is 5.91 Å². The molecule has 0 saturated carbocycles. The number of nitrogen functional groups attached to an aromatic ring is 1. The van der Waals surface area contributed by atoms with E-state index in [4.69, 9.17) is 17.3 Å². The summed E-state index contributed by atoms with van der Waals surface area (Å²) < 4.78 is 0. The third kappa shape index (κ3) is 3.96. The number of nitrogens with one attached hydrogen (secondary N) is 1. The van der Waals surface area contributed by atoms with Gasteiger partial charge < -0.3 is 11.1 Å². The number of nitrogens with zero attached hydrogens (tertiary/aromatic N) is 1. The van der Waals surface area contributed by atoms with Gasteiger partial charge in [0.05, 0.1) is 5.69 Å². The fraction of sp³-hybridized carbons (Fsp3) is 0.200. The standard InChI is InChI=1S/C15H16ClN3O/c1-10-8-13(15(16)18-9-10)19-14(20)7-4-11-2-5-12(17)6-3-11/h2-3,5-6,8-9H,4,7,17H2,1H3,(H,19,20). The van der Waals surface area contributed by atoms with Crippen molar-refractivity contribution < 1.29 is 4.79 Å². The Morgan fingerprint density at radius 2 is 2.05 bits per heavy atom. The zero-order valence-corrected chi connectivity index (χ0v) is 11.9. The van der Waals surface area contributed by atoms with Crippen LogP contribution in [0.4, 0.5) is 11.4 Å². The van der Waals surface area contributed by atoms with Gasteiger partial charge in [0.1, 0.15) is 0 Å². The van der Waals surface area contributed by atoms with E-state index >= 15 is 0 Å². The lowest BCUT2D eigenvalue weighted by atomic mass is 10.1. The van der Waals surface area contributed by atoms with Crippen LogP contribution in [0.1, 0.15) is 17.5 Å². The zero-order chi connectivity index (χ0) is 14.5. The Balaban J connectivity index is 1.92. The number of carbonyl (C=O) groups is 1. The van der Waals surface area contributed by atoms with Crippen LogP contribution in [-0.4, -0.2) is 10.9 Å². The summed E-state index contributed by atoms with van der Waals surface area (Å²) in [5, 5.41) is 3.08. The van der Waals surface area contributed by atoms with Gasteiger partial charge in [-0.15, -0.1) is 0 Å². The molecule has 0 aliphatic carbocycles. The molecule has 0 radical (unpaired) electrons. The molecule has 0 bridgehead atoms. The van der Waals surface area contributed by atoms with Gasteiger partial charge in [0.15, 0.2) is 5.15 Å². The molecule has 0 spiro atoms. The van der Waals surface area contributed by atoms with Crippen molar-refractivity contribution in [3.8, 4) is 0 Å². The van der Waals surface area contributed by atoms with Crippen molar-refractivity contribution in [3.63, 3.8) is 0 Å². The Labute approximate surface area is 123 Å². The second-order valence-corrected chi connectivity index (χ2v) is 5.00. The van der Waals surface area contributed by atoms with E-state index in [0.29, 0.717) is 23.7 Å². The fourth-order valence-corrected chi connectivity index (χ4v) is 1.95. The monoisotopic (exact) mass is 289 g/mol. The molecular weight excluding hydrogens is 274 g/mol. The third-order valence-corrected chi connectivity index (χ3v) is 3.17. The van der Waals surface area contributed by atoms with Gasteiger partial charge in [-0.25, -0.2) is 4.98 Å². The summed E-state index contributed by atoms with van der Waals surface area (Å²) in [4.78, 5) is 15.9. The number of benzene rings is 1. The maximum absolute atomic E-state index is 11.9. The highest BCUT2D eigenvalue weighted by molar-refractivity contribution is 6.32. The first-order chi connectivity index (χ1) is 9.54. The predicted molar refractivity (Wildman–Crippen MR) is 81.8 cm³/mol. The van der Waals surface area contributed by atoms with Crippen LogP contribution in [0, 0.1) is 6.92 Å². The predicted octanol–water partition coefficient (Wildman–Crippen LogP) is 3.20. The maximum atomic E-state index is 11.9. The molecule has 0 fully saturated rings. The van der Waals surface area contributed by atoms with E-state index in [1.54, 1.807) is 12.3 Å². The molecule has 104 valence electrons. The molecule has 1 aromatic carbocycles. The third-order valence-electron chi connectivity index (χ3n) is 2.87. The van der Waals surface area contributed by atoms with Crippen molar-refractivity contribution in [1.29, 1.82) is 0 Å². The smallest absolute Gasteiger partial charge is 0.224 e. The van der Waals surface area contributed by atoms with Crippen molar-refractivity contribution in [2.24, 2.45) is 0 Å². The summed E-state index contributed by atoms with van der Waals surface area (Å²) >= 11 is 5.94. The number of rotatable bonds is 4. The first-order valence-corrected chi connectivity index (χ1v) is 6.69. The summed E-state index contributed by atoms with van der Waals surface area (Å²) in [5.41, 5.74) is 8.90. The van der Waals surface area contributed by atoms with Crippen molar-refractivity contribution >= 4 is 28.9 Å². The Morgan fingerprint density at radius 1 is 1.35 bits per heavy atom. The first-order valence-electron chi connectivity index (χ1n) is 6.31. The lowest BCUT2D eigenvalue weighted by Crippen LogP contribution is -2.13. The van der Waals surface area contributed by atoms with Crippen molar-refractivity contribution in [3.05, 3.63) is 52.8 Å². The molecule has 20 heavy (non-hydrogen) atoms. The number of amides is 1. The number of hydrogen-bond donors (Lipinski definition) is 2. The van der Waals surface area contributed by atoms with Gasteiger partial charge in [-0.1, -0.05) is 23.7 Å². The average Bonchev–Trinajstić information content (AvgIpc) is 2.42. The molecule has 1 aromatic heterocycles. The molecule has 2 aromatic rings. The number of hydrogen-bond acceptors (Lipinski definition) is 3. The molecule has 0 aliphatic rings. The normalized spacial score (nSPS) is 10.3. The van der Waals surface area contributed by atoms with E-state index in [0.717, 1.165) is 16.8 Å². The minimum atomic E-state index is -0.0869.